The standard InChI is InChI=1S/C13H19N5O/c1-4-17-12(6-8-14-17)11(3)16-13(19)9-18-10(2)5-7-15-18/h5-8,11H,4,9H2,1-3H3,(H,16,19). The fourth-order valence-electron chi connectivity index (χ4n) is 2.04. The Labute approximate surface area is 112 Å². The van der Waals surface area contributed by atoms with Crippen LogP contribution in [0.5, 0.6) is 0 Å². The summed E-state index contributed by atoms with van der Waals surface area (Å²) < 4.78 is 3.56. The molecule has 0 aliphatic rings. The van der Waals surface area contributed by atoms with Crippen LogP contribution >= 0.6 is 0 Å². The number of amides is 1. The lowest BCUT2D eigenvalue weighted by molar-refractivity contribution is -0.122. The summed E-state index contributed by atoms with van der Waals surface area (Å²) in [4.78, 5) is 12.0. The Hall–Kier alpha value is -2.11. The van der Waals surface area contributed by atoms with Gasteiger partial charge in [0.25, 0.3) is 0 Å². The van der Waals surface area contributed by atoms with Gasteiger partial charge in [0.15, 0.2) is 0 Å². The van der Waals surface area contributed by atoms with E-state index in [0.717, 1.165) is 17.9 Å². The zero-order valence-electron chi connectivity index (χ0n) is 11.5. The lowest BCUT2D eigenvalue weighted by Gasteiger charge is -2.15. The summed E-state index contributed by atoms with van der Waals surface area (Å²) in [7, 11) is 0. The molecule has 0 fully saturated rings. The van der Waals surface area contributed by atoms with Crippen LogP contribution in [0.25, 0.3) is 0 Å². The number of aryl methyl sites for hydroxylation is 2. The smallest absolute Gasteiger partial charge is 0.242 e. The molecule has 1 N–H and O–H groups in total. The maximum Gasteiger partial charge on any atom is 0.242 e. The second-order valence-electron chi connectivity index (χ2n) is 4.49. The zero-order chi connectivity index (χ0) is 13.8. The molecule has 2 aromatic heterocycles. The highest BCUT2D eigenvalue weighted by molar-refractivity contribution is 5.76. The van der Waals surface area contributed by atoms with Gasteiger partial charge in [-0.05, 0) is 32.9 Å². The van der Waals surface area contributed by atoms with Crippen molar-refractivity contribution < 1.29 is 4.79 Å². The van der Waals surface area contributed by atoms with Crippen LogP contribution in [0.15, 0.2) is 24.5 Å². The maximum atomic E-state index is 12.0. The van der Waals surface area contributed by atoms with Crippen LogP contribution in [0.1, 0.15) is 31.3 Å². The van der Waals surface area contributed by atoms with E-state index < -0.39 is 0 Å². The van der Waals surface area contributed by atoms with Crippen LogP contribution in [0.3, 0.4) is 0 Å². The quantitative estimate of drug-likeness (QED) is 0.882. The lowest BCUT2D eigenvalue weighted by Crippen LogP contribution is -2.31. The number of rotatable bonds is 5. The Kier molecular flexibility index (Phi) is 3.99. The van der Waals surface area contributed by atoms with Gasteiger partial charge in [0.05, 0.1) is 11.7 Å². The molecule has 1 amide bonds. The summed E-state index contributed by atoms with van der Waals surface area (Å²) >= 11 is 0. The molecule has 0 aliphatic heterocycles. The molecule has 1 atom stereocenters. The third-order valence-electron chi connectivity index (χ3n) is 3.09. The van der Waals surface area contributed by atoms with Gasteiger partial charge in [-0.3, -0.25) is 14.2 Å². The van der Waals surface area contributed by atoms with Crippen LogP contribution in [-0.4, -0.2) is 25.5 Å². The van der Waals surface area contributed by atoms with Crippen molar-refractivity contribution in [3.8, 4) is 0 Å². The molecule has 102 valence electrons. The second kappa shape index (κ2) is 5.69. The Balaban J connectivity index is 1.97. The van der Waals surface area contributed by atoms with Gasteiger partial charge in [0, 0.05) is 24.6 Å². The van der Waals surface area contributed by atoms with E-state index in [9.17, 15) is 4.79 Å². The topological polar surface area (TPSA) is 64.7 Å². The average molecular weight is 261 g/mol. The summed E-state index contributed by atoms with van der Waals surface area (Å²) in [6.45, 7) is 6.94. The number of hydrogen-bond donors (Lipinski definition) is 1. The van der Waals surface area contributed by atoms with Crippen LogP contribution in [-0.2, 0) is 17.9 Å². The fourth-order valence-corrected chi connectivity index (χ4v) is 2.04. The molecule has 6 heteroatoms. The summed E-state index contributed by atoms with van der Waals surface area (Å²) in [5, 5.41) is 11.3. The first-order valence-electron chi connectivity index (χ1n) is 6.41. The fraction of sp³-hybridized carbons (Fsp3) is 0.462. The van der Waals surface area contributed by atoms with Crippen molar-refractivity contribution in [2.45, 2.75) is 39.9 Å². The summed E-state index contributed by atoms with van der Waals surface area (Å²) in [6, 6.07) is 3.74. The maximum absolute atomic E-state index is 12.0. The SMILES string of the molecule is CCn1nccc1C(C)NC(=O)Cn1nccc1C. The molecule has 0 spiro atoms. The molecule has 6 nitrogen and oxygen atoms in total. The first kappa shape index (κ1) is 13.3. The summed E-state index contributed by atoms with van der Waals surface area (Å²) in [6.07, 6.45) is 3.44. The van der Waals surface area contributed by atoms with E-state index >= 15 is 0 Å². The van der Waals surface area contributed by atoms with E-state index in [1.165, 1.54) is 0 Å². The third-order valence-corrected chi connectivity index (χ3v) is 3.09. The van der Waals surface area contributed by atoms with Gasteiger partial charge >= 0.3 is 0 Å². The predicted octanol–water partition coefficient (Wildman–Crippen LogP) is 1.29. The van der Waals surface area contributed by atoms with E-state index in [2.05, 4.69) is 15.5 Å². The molecule has 0 saturated carbocycles. The zero-order valence-corrected chi connectivity index (χ0v) is 11.5. The Morgan fingerprint density at radius 2 is 2.00 bits per heavy atom. The Morgan fingerprint density at radius 1 is 1.32 bits per heavy atom. The molecule has 2 aromatic rings. The summed E-state index contributed by atoms with van der Waals surface area (Å²) in [5.41, 5.74) is 1.98. The minimum Gasteiger partial charge on any atom is -0.346 e. The van der Waals surface area contributed by atoms with E-state index in [1.807, 2.05) is 37.6 Å². The van der Waals surface area contributed by atoms with Gasteiger partial charge in [-0.25, -0.2) is 0 Å². The number of carbonyl (C=O) groups is 1. The van der Waals surface area contributed by atoms with Gasteiger partial charge in [-0.1, -0.05) is 0 Å². The van der Waals surface area contributed by atoms with Crippen LogP contribution in [0, 0.1) is 6.92 Å². The third kappa shape index (κ3) is 3.01. The largest absolute Gasteiger partial charge is 0.346 e. The van der Waals surface area contributed by atoms with Crippen molar-refractivity contribution in [2.75, 3.05) is 0 Å². The van der Waals surface area contributed by atoms with Crippen LogP contribution in [0.4, 0.5) is 0 Å². The number of hydrogen-bond acceptors (Lipinski definition) is 3. The van der Waals surface area contributed by atoms with Crippen molar-refractivity contribution in [1.82, 2.24) is 24.9 Å². The Bertz CT molecular complexity index is 557. The lowest BCUT2D eigenvalue weighted by atomic mass is 10.2. The molecule has 0 radical (unpaired) electrons. The van der Waals surface area contributed by atoms with Crippen molar-refractivity contribution in [3.63, 3.8) is 0 Å². The Morgan fingerprint density at radius 3 is 2.63 bits per heavy atom. The number of nitrogens with zero attached hydrogens (tertiary/aromatic N) is 4. The summed E-state index contributed by atoms with van der Waals surface area (Å²) in [5.74, 6) is -0.0526. The normalized spacial score (nSPS) is 12.4. The van der Waals surface area contributed by atoms with Gasteiger partial charge in [-0.2, -0.15) is 10.2 Å². The molecular weight excluding hydrogens is 242 g/mol. The molecule has 0 bridgehead atoms. The van der Waals surface area contributed by atoms with Crippen molar-refractivity contribution in [2.24, 2.45) is 0 Å². The van der Waals surface area contributed by atoms with Crippen LogP contribution < -0.4 is 5.32 Å². The first-order chi connectivity index (χ1) is 9.11. The van der Waals surface area contributed by atoms with Crippen molar-refractivity contribution in [3.05, 3.63) is 35.9 Å². The molecule has 2 heterocycles. The van der Waals surface area contributed by atoms with Crippen molar-refractivity contribution in [1.29, 1.82) is 0 Å². The molecule has 0 aliphatic carbocycles. The number of nitrogens with one attached hydrogen (secondary N) is 1. The number of carbonyl (C=O) groups excluding carboxylic acids is 1. The molecule has 0 saturated heterocycles. The molecule has 1 unspecified atom stereocenters. The van der Waals surface area contributed by atoms with Crippen LogP contribution in [0.2, 0.25) is 0 Å². The molecule has 0 aromatic carbocycles. The van der Waals surface area contributed by atoms with E-state index in [4.69, 9.17) is 0 Å². The first-order valence-corrected chi connectivity index (χ1v) is 6.41. The molecule has 2 rings (SSSR count). The van der Waals surface area contributed by atoms with E-state index in [-0.39, 0.29) is 18.5 Å². The van der Waals surface area contributed by atoms with Gasteiger partial charge in [0.1, 0.15) is 6.54 Å². The van der Waals surface area contributed by atoms with E-state index in [0.29, 0.717) is 0 Å². The highest BCUT2D eigenvalue weighted by Crippen LogP contribution is 2.11. The van der Waals surface area contributed by atoms with Gasteiger partial charge in [0.2, 0.25) is 5.91 Å². The molecule has 19 heavy (non-hydrogen) atoms. The van der Waals surface area contributed by atoms with Gasteiger partial charge in [-0.15, -0.1) is 0 Å². The van der Waals surface area contributed by atoms with Gasteiger partial charge < -0.3 is 5.32 Å². The average Bonchev–Trinajstić information content (AvgIpc) is 2.98. The van der Waals surface area contributed by atoms with E-state index in [1.54, 1.807) is 17.1 Å². The minimum absolute atomic E-state index is 0.0526. The highest BCUT2D eigenvalue weighted by Gasteiger charge is 2.14. The minimum atomic E-state index is -0.0641. The molecular formula is C13H19N5O. The number of aromatic nitrogens is 4. The predicted molar refractivity (Wildman–Crippen MR) is 71.4 cm³/mol. The monoisotopic (exact) mass is 261 g/mol. The second-order valence-corrected chi connectivity index (χ2v) is 4.49. The van der Waals surface area contributed by atoms with Crippen molar-refractivity contribution >= 4 is 5.91 Å². The highest BCUT2D eigenvalue weighted by atomic mass is 16.2.